The second-order valence-electron chi connectivity index (χ2n) is 4.90. The smallest absolute Gasteiger partial charge is 0.409 e. The third-order valence-corrected chi connectivity index (χ3v) is 4.40. The molecule has 4 nitrogen and oxygen atoms in total. The van der Waals surface area contributed by atoms with E-state index in [-0.39, 0.29) is 6.29 Å². The van der Waals surface area contributed by atoms with Gasteiger partial charge in [-0.1, -0.05) is 19.6 Å². The van der Waals surface area contributed by atoms with E-state index in [0.717, 1.165) is 0 Å². The van der Waals surface area contributed by atoms with E-state index in [1.807, 2.05) is 0 Å². The first-order valence-corrected chi connectivity index (χ1v) is 8.77. The predicted octanol–water partition coefficient (Wildman–Crippen LogP) is 2.55. The van der Waals surface area contributed by atoms with Gasteiger partial charge in [0.25, 0.3) is 0 Å². The van der Waals surface area contributed by atoms with E-state index in [1.165, 1.54) is 5.32 Å². The normalized spacial score (nSPS) is 11.3. The van der Waals surface area contributed by atoms with Crippen LogP contribution in [0.3, 0.4) is 0 Å². The molecule has 0 aromatic heterocycles. The summed E-state index contributed by atoms with van der Waals surface area (Å²) < 4.78 is 41.7. The van der Waals surface area contributed by atoms with Crippen molar-refractivity contribution in [3.8, 4) is 0 Å². The summed E-state index contributed by atoms with van der Waals surface area (Å²) in [5, 5.41) is 9.52. The minimum Gasteiger partial charge on any atom is -0.465 e. The highest BCUT2D eigenvalue weighted by molar-refractivity contribution is 6.88. The molecular weight excluding hydrogens is 279 g/mol. The third-order valence-electron chi connectivity index (χ3n) is 2.46. The van der Waals surface area contributed by atoms with Crippen LogP contribution in [0.1, 0.15) is 10.4 Å². The number of hydrogen-bond acceptors (Lipinski definition) is 2. The van der Waals surface area contributed by atoms with Gasteiger partial charge in [-0.25, -0.2) is 18.0 Å². The largest absolute Gasteiger partial charge is 0.465 e. The number of carbonyl (C=O) groups excluding carboxylic acids is 1. The molecule has 0 radical (unpaired) electrons. The molecule has 8 heteroatoms. The zero-order valence-electron chi connectivity index (χ0n) is 10.5. The van der Waals surface area contributed by atoms with Crippen molar-refractivity contribution in [2.45, 2.75) is 19.6 Å². The van der Waals surface area contributed by atoms with E-state index >= 15 is 0 Å². The van der Waals surface area contributed by atoms with Gasteiger partial charge in [-0.2, -0.15) is 0 Å². The first kappa shape index (κ1) is 15.2. The van der Waals surface area contributed by atoms with Crippen LogP contribution in [0.5, 0.6) is 0 Å². The SMILES string of the molecule is C[Si](C)(C)c1c(F)c(F)c(NC(=O)O)c(C=O)c1F. The summed E-state index contributed by atoms with van der Waals surface area (Å²) in [6, 6.07) is 0. The molecule has 104 valence electrons. The maximum absolute atomic E-state index is 14.1. The lowest BCUT2D eigenvalue weighted by Gasteiger charge is -2.21. The summed E-state index contributed by atoms with van der Waals surface area (Å²) in [6.45, 7) is 4.73. The summed E-state index contributed by atoms with van der Waals surface area (Å²) in [6.07, 6.45) is -1.76. The average Bonchev–Trinajstić information content (AvgIpc) is 2.23. The Kier molecular flexibility index (Phi) is 4.04. The predicted molar refractivity (Wildman–Crippen MR) is 66.3 cm³/mol. The number of aldehydes is 1. The number of carbonyl (C=O) groups is 2. The third kappa shape index (κ3) is 2.78. The number of amides is 1. The zero-order valence-corrected chi connectivity index (χ0v) is 11.5. The number of anilines is 1. The highest BCUT2D eigenvalue weighted by atomic mass is 28.3. The Morgan fingerprint density at radius 2 is 1.68 bits per heavy atom. The molecule has 0 aliphatic rings. The number of rotatable bonds is 3. The minimum absolute atomic E-state index is 0.0350. The van der Waals surface area contributed by atoms with Gasteiger partial charge in [-0.15, -0.1) is 0 Å². The summed E-state index contributed by atoms with van der Waals surface area (Å²) in [7, 11) is -2.59. The maximum atomic E-state index is 14.1. The van der Waals surface area contributed by atoms with Gasteiger partial charge in [0.1, 0.15) is 5.82 Å². The molecule has 0 aliphatic carbocycles. The average molecular weight is 291 g/mol. The molecule has 0 saturated heterocycles. The number of carboxylic acid groups (broad SMARTS) is 1. The summed E-state index contributed by atoms with van der Waals surface area (Å²) >= 11 is 0. The fourth-order valence-corrected chi connectivity index (χ4v) is 3.24. The molecule has 0 spiro atoms. The summed E-state index contributed by atoms with van der Waals surface area (Å²) in [5.41, 5.74) is -1.82. The summed E-state index contributed by atoms with van der Waals surface area (Å²) in [4.78, 5) is 21.3. The molecular formula is C11H12F3NO3Si. The van der Waals surface area contributed by atoms with Crippen LogP contribution in [0.2, 0.25) is 19.6 Å². The van der Waals surface area contributed by atoms with Crippen LogP contribution < -0.4 is 10.5 Å². The lowest BCUT2D eigenvalue weighted by molar-refractivity contribution is 0.112. The maximum Gasteiger partial charge on any atom is 0.409 e. The van der Waals surface area contributed by atoms with Gasteiger partial charge in [0.2, 0.25) is 0 Å². The number of halogens is 3. The minimum atomic E-state index is -2.59. The van der Waals surface area contributed by atoms with Crippen molar-refractivity contribution in [2.75, 3.05) is 5.32 Å². The highest BCUT2D eigenvalue weighted by Gasteiger charge is 2.32. The van der Waals surface area contributed by atoms with Crippen molar-refractivity contribution in [3.05, 3.63) is 23.0 Å². The Hall–Kier alpha value is -1.83. The van der Waals surface area contributed by atoms with Crippen LogP contribution in [0.15, 0.2) is 0 Å². The standard InChI is InChI=1S/C11H12F3NO3Si/c1-19(2,3)10-6(12)5(4-16)9(15-11(17)18)7(13)8(10)14/h4,15H,1-3H3,(H,17,18). The van der Waals surface area contributed by atoms with Gasteiger partial charge in [0.05, 0.1) is 19.3 Å². The zero-order chi connectivity index (χ0) is 15.0. The van der Waals surface area contributed by atoms with Gasteiger partial charge in [-0.3, -0.25) is 10.1 Å². The van der Waals surface area contributed by atoms with Crippen molar-refractivity contribution in [1.82, 2.24) is 0 Å². The fraction of sp³-hybridized carbons (Fsp3) is 0.273. The van der Waals surface area contributed by atoms with Crippen LogP contribution in [0, 0.1) is 17.5 Å². The molecule has 0 unspecified atom stereocenters. The molecule has 1 rings (SSSR count). The molecule has 0 heterocycles. The van der Waals surface area contributed by atoms with Crippen LogP contribution in [-0.2, 0) is 0 Å². The lowest BCUT2D eigenvalue weighted by Crippen LogP contribution is -2.44. The van der Waals surface area contributed by atoms with Gasteiger partial charge in [0, 0.05) is 5.19 Å². The molecule has 2 N–H and O–H groups in total. The van der Waals surface area contributed by atoms with Crippen LogP contribution in [0.4, 0.5) is 23.7 Å². The van der Waals surface area contributed by atoms with Crippen LogP contribution >= 0.6 is 0 Å². The monoisotopic (exact) mass is 291 g/mol. The molecule has 1 amide bonds. The van der Waals surface area contributed by atoms with Crippen molar-refractivity contribution >= 4 is 31.3 Å². The molecule has 1 aromatic rings. The van der Waals surface area contributed by atoms with Gasteiger partial charge in [0.15, 0.2) is 17.9 Å². The number of hydrogen-bond donors (Lipinski definition) is 2. The first-order valence-electron chi connectivity index (χ1n) is 5.27. The van der Waals surface area contributed by atoms with E-state index in [0.29, 0.717) is 0 Å². The Bertz CT molecular complexity index is 555. The Morgan fingerprint density at radius 1 is 1.16 bits per heavy atom. The Labute approximate surface area is 108 Å². The first-order chi connectivity index (χ1) is 8.61. The van der Waals surface area contributed by atoms with E-state index in [2.05, 4.69) is 0 Å². The molecule has 0 fully saturated rings. The quantitative estimate of drug-likeness (QED) is 0.511. The molecule has 0 bridgehead atoms. The van der Waals surface area contributed by atoms with Gasteiger partial charge in [-0.05, 0) is 0 Å². The van der Waals surface area contributed by atoms with Gasteiger partial charge < -0.3 is 5.11 Å². The van der Waals surface area contributed by atoms with E-state index in [1.54, 1.807) is 19.6 Å². The van der Waals surface area contributed by atoms with Crippen molar-refractivity contribution < 1.29 is 27.9 Å². The molecule has 19 heavy (non-hydrogen) atoms. The van der Waals surface area contributed by atoms with Crippen molar-refractivity contribution in [2.24, 2.45) is 0 Å². The Morgan fingerprint density at radius 3 is 2.05 bits per heavy atom. The Balaban J connectivity index is 3.73. The molecule has 0 aliphatic heterocycles. The topological polar surface area (TPSA) is 66.4 Å². The van der Waals surface area contributed by atoms with Gasteiger partial charge >= 0.3 is 6.09 Å². The number of benzene rings is 1. The lowest BCUT2D eigenvalue weighted by atomic mass is 10.1. The second kappa shape index (κ2) is 5.04. The second-order valence-corrected chi connectivity index (χ2v) is 9.90. The molecule has 0 saturated carbocycles. The van der Waals surface area contributed by atoms with Crippen molar-refractivity contribution in [1.29, 1.82) is 0 Å². The molecule has 0 atom stereocenters. The van der Waals surface area contributed by atoms with Crippen LogP contribution in [-0.4, -0.2) is 25.6 Å². The van der Waals surface area contributed by atoms with E-state index in [4.69, 9.17) is 5.11 Å². The van der Waals surface area contributed by atoms with E-state index < -0.39 is 48.1 Å². The number of nitrogens with one attached hydrogen (secondary N) is 1. The fourth-order valence-electron chi connectivity index (χ4n) is 1.68. The van der Waals surface area contributed by atoms with Crippen LogP contribution in [0.25, 0.3) is 0 Å². The van der Waals surface area contributed by atoms with E-state index in [9.17, 15) is 22.8 Å². The molecule has 1 aromatic carbocycles. The van der Waals surface area contributed by atoms with Crippen molar-refractivity contribution in [3.63, 3.8) is 0 Å². The highest BCUT2D eigenvalue weighted by Crippen LogP contribution is 2.25. The summed E-state index contributed by atoms with van der Waals surface area (Å²) in [5.74, 6) is -4.23.